The van der Waals surface area contributed by atoms with Crippen molar-refractivity contribution in [3.63, 3.8) is 0 Å². The van der Waals surface area contributed by atoms with E-state index in [-0.39, 0.29) is 12.4 Å². The molecule has 0 N–H and O–H groups in total. The van der Waals surface area contributed by atoms with Gasteiger partial charge in [0.05, 0.1) is 6.26 Å². The Morgan fingerprint density at radius 3 is 2.59 bits per heavy atom. The van der Waals surface area contributed by atoms with Gasteiger partial charge in [-0.1, -0.05) is 15.9 Å². The van der Waals surface area contributed by atoms with E-state index in [1.54, 1.807) is 12.1 Å². The van der Waals surface area contributed by atoms with Gasteiger partial charge in [-0.2, -0.15) is 0 Å². The molecule has 0 aliphatic heterocycles. The molecule has 0 fully saturated rings. The molecule has 5 nitrogen and oxygen atoms in total. The number of hydrogen-bond donors (Lipinski definition) is 0. The van der Waals surface area contributed by atoms with Crippen LogP contribution in [0.5, 0.6) is 0 Å². The molecule has 27 heavy (non-hydrogen) atoms. The quantitative estimate of drug-likeness (QED) is 0.319. The van der Waals surface area contributed by atoms with Crippen LogP contribution in [0.4, 0.5) is 0 Å². The van der Waals surface area contributed by atoms with E-state index in [4.69, 9.17) is 9.15 Å². The number of Topliss-reactive ketones (excluding diaryl/α,β-unsaturated/α-hetero) is 1. The minimum atomic E-state index is -0.596. The maximum atomic E-state index is 12.5. The van der Waals surface area contributed by atoms with E-state index in [1.165, 1.54) is 18.4 Å². The molecule has 1 aromatic carbocycles. The van der Waals surface area contributed by atoms with Crippen LogP contribution in [0.25, 0.3) is 11.8 Å². The van der Waals surface area contributed by atoms with Crippen molar-refractivity contribution in [2.45, 2.75) is 13.8 Å². The van der Waals surface area contributed by atoms with Crippen molar-refractivity contribution in [3.05, 3.63) is 82.0 Å². The molecular formula is C21H18BrNO4. The van der Waals surface area contributed by atoms with Crippen LogP contribution in [0.2, 0.25) is 0 Å². The number of rotatable bonds is 6. The van der Waals surface area contributed by atoms with Gasteiger partial charge in [-0.05, 0) is 62.4 Å². The molecule has 0 aliphatic rings. The maximum absolute atomic E-state index is 12.5. The fraction of sp³-hybridized carbons (Fsp3) is 0.143. The summed E-state index contributed by atoms with van der Waals surface area (Å²) < 4.78 is 13.1. The van der Waals surface area contributed by atoms with Crippen LogP contribution in [0.1, 0.15) is 27.5 Å². The molecule has 2 aromatic heterocycles. The van der Waals surface area contributed by atoms with E-state index in [2.05, 4.69) is 15.9 Å². The number of halogens is 1. The number of hydrogen-bond acceptors (Lipinski definition) is 4. The van der Waals surface area contributed by atoms with Crippen molar-refractivity contribution in [2.75, 3.05) is 6.61 Å². The van der Waals surface area contributed by atoms with Crippen LogP contribution >= 0.6 is 15.9 Å². The smallest absolute Gasteiger partial charge is 0.331 e. The Balaban J connectivity index is 1.69. The highest BCUT2D eigenvalue weighted by molar-refractivity contribution is 9.10. The Morgan fingerprint density at radius 2 is 1.93 bits per heavy atom. The first kappa shape index (κ1) is 18.9. The Labute approximate surface area is 165 Å². The first-order valence-electron chi connectivity index (χ1n) is 8.32. The van der Waals surface area contributed by atoms with Gasteiger partial charge in [-0.15, -0.1) is 0 Å². The summed E-state index contributed by atoms with van der Waals surface area (Å²) in [7, 11) is 0. The van der Waals surface area contributed by atoms with Crippen molar-refractivity contribution in [1.82, 2.24) is 4.57 Å². The summed E-state index contributed by atoms with van der Waals surface area (Å²) >= 11 is 3.42. The molecule has 0 atom stereocenters. The minimum absolute atomic E-state index is 0.244. The van der Waals surface area contributed by atoms with E-state index in [0.29, 0.717) is 11.3 Å². The molecule has 3 aromatic rings. The standard InChI is InChI=1S/C21H18BrNO4/c1-14-12-19(15(2)23(14)17-7-5-16(22)6-8-17)20(24)13-27-21(25)10-9-18-4-3-11-26-18/h3-12H,13H2,1-2H3. The highest BCUT2D eigenvalue weighted by Crippen LogP contribution is 2.22. The van der Waals surface area contributed by atoms with Gasteiger partial charge in [-0.3, -0.25) is 4.79 Å². The first-order chi connectivity index (χ1) is 13.0. The van der Waals surface area contributed by atoms with Crippen molar-refractivity contribution in [3.8, 4) is 5.69 Å². The lowest BCUT2D eigenvalue weighted by Gasteiger charge is -2.10. The first-order valence-corrected chi connectivity index (χ1v) is 9.11. The lowest BCUT2D eigenvalue weighted by Crippen LogP contribution is -2.13. The molecule has 2 heterocycles. The summed E-state index contributed by atoms with van der Waals surface area (Å²) in [6.45, 7) is 3.50. The molecule has 0 bridgehead atoms. The van der Waals surface area contributed by atoms with Gasteiger partial charge in [-0.25, -0.2) is 4.79 Å². The molecule has 6 heteroatoms. The van der Waals surface area contributed by atoms with Gasteiger partial charge < -0.3 is 13.7 Å². The number of carbonyl (C=O) groups is 2. The van der Waals surface area contributed by atoms with Gasteiger partial charge in [0, 0.05) is 33.2 Å². The maximum Gasteiger partial charge on any atom is 0.331 e. The van der Waals surface area contributed by atoms with Gasteiger partial charge in [0.1, 0.15) is 5.76 Å². The monoisotopic (exact) mass is 427 g/mol. The number of ether oxygens (including phenoxy) is 1. The highest BCUT2D eigenvalue weighted by Gasteiger charge is 2.17. The zero-order chi connectivity index (χ0) is 19.4. The molecule has 0 amide bonds. The number of aryl methyl sites for hydroxylation is 1. The van der Waals surface area contributed by atoms with Crippen LogP contribution in [0.15, 0.2) is 63.7 Å². The van der Waals surface area contributed by atoms with Crippen LogP contribution in [0.3, 0.4) is 0 Å². The van der Waals surface area contributed by atoms with Crippen LogP contribution in [-0.2, 0) is 9.53 Å². The van der Waals surface area contributed by atoms with Crippen molar-refractivity contribution in [2.24, 2.45) is 0 Å². The molecule has 0 spiro atoms. The lowest BCUT2D eigenvalue weighted by molar-refractivity contribution is -0.136. The van der Waals surface area contributed by atoms with Crippen LogP contribution in [0, 0.1) is 13.8 Å². The summed E-state index contributed by atoms with van der Waals surface area (Å²) in [4.78, 5) is 24.3. The van der Waals surface area contributed by atoms with Crippen molar-refractivity contribution < 1.29 is 18.7 Å². The van der Waals surface area contributed by atoms with E-state index < -0.39 is 5.97 Å². The van der Waals surface area contributed by atoms with Gasteiger partial charge in [0.15, 0.2) is 6.61 Å². The number of nitrogens with zero attached hydrogens (tertiary/aromatic N) is 1. The summed E-state index contributed by atoms with van der Waals surface area (Å²) in [6, 6.07) is 13.1. The molecule has 0 unspecified atom stereocenters. The summed E-state index contributed by atoms with van der Waals surface area (Å²) in [5, 5.41) is 0. The second-order valence-corrected chi connectivity index (χ2v) is 6.89. The van der Waals surface area contributed by atoms with Crippen molar-refractivity contribution in [1.29, 1.82) is 0 Å². The average Bonchev–Trinajstić information content (AvgIpc) is 3.27. The van der Waals surface area contributed by atoms with E-state index in [9.17, 15) is 9.59 Å². The van der Waals surface area contributed by atoms with E-state index in [0.717, 1.165) is 21.5 Å². The number of esters is 1. The predicted molar refractivity (Wildman–Crippen MR) is 106 cm³/mol. The Bertz CT molecular complexity index is 982. The van der Waals surface area contributed by atoms with Gasteiger partial charge in [0.2, 0.25) is 5.78 Å². The number of furan rings is 1. The van der Waals surface area contributed by atoms with E-state index >= 15 is 0 Å². The van der Waals surface area contributed by atoms with Crippen LogP contribution < -0.4 is 0 Å². The fourth-order valence-corrected chi connectivity index (χ4v) is 3.10. The average molecular weight is 428 g/mol. The third-order valence-electron chi connectivity index (χ3n) is 4.09. The van der Waals surface area contributed by atoms with Gasteiger partial charge in [0.25, 0.3) is 0 Å². The van der Waals surface area contributed by atoms with E-state index in [1.807, 2.05) is 48.7 Å². The number of carbonyl (C=O) groups excluding carboxylic acids is 2. The predicted octanol–water partition coefficient (Wildman–Crippen LogP) is 4.89. The van der Waals surface area contributed by atoms with Crippen molar-refractivity contribution >= 4 is 33.8 Å². The molecule has 3 rings (SSSR count). The number of ketones is 1. The lowest BCUT2D eigenvalue weighted by atomic mass is 10.1. The van der Waals surface area contributed by atoms with Gasteiger partial charge >= 0.3 is 5.97 Å². The summed E-state index contributed by atoms with van der Waals surface area (Å²) in [6.07, 6.45) is 4.24. The SMILES string of the molecule is Cc1cc(C(=O)COC(=O)C=Cc2ccco2)c(C)n1-c1ccc(Br)cc1. The Morgan fingerprint density at radius 1 is 1.19 bits per heavy atom. The number of aromatic nitrogens is 1. The highest BCUT2D eigenvalue weighted by atomic mass is 79.9. The molecule has 0 saturated carbocycles. The topological polar surface area (TPSA) is 61.4 Å². The van der Waals surface area contributed by atoms with Crippen LogP contribution in [-0.4, -0.2) is 22.9 Å². The summed E-state index contributed by atoms with van der Waals surface area (Å²) in [5.41, 5.74) is 3.24. The second-order valence-electron chi connectivity index (χ2n) is 5.98. The third kappa shape index (κ3) is 4.46. The third-order valence-corrected chi connectivity index (χ3v) is 4.62. The number of benzene rings is 1. The molecule has 0 aliphatic carbocycles. The minimum Gasteiger partial charge on any atom is -0.465 e. The normalized spacial score (nSPS) is 11.1. The second kappa shape index (κ2) is 8.22. The Kier molecular flexibility index (Phi) is 5.76. The largest absolute Gasteiger partial charge is 0.465 e. The molecular weight excluding hydrogens is 410 g/mol. The summed E-state index contributed by atoms with van der Waals surface area (Å²) in [5.74, 6) is -0.302. The fourth-order valence-electron chi connectivity index (χ4n) is 2.83. The molecule has 138 valence electrons. The zero-order valence-corrected chi connectivity index (χ0v) is 16.5. The Hall–Kier alpha value is -2.86. The molecule has 0 saturated heterocycles. The zero-order valence-electron chi connectivity index (χ0n) is 14.9. The molecule has 0 radical (unpaired) electrons.